The number of nitrogens with zero attached hydrogens (tertiary/aromatic N) is 4. The van der Waals surface area contributed by atoms with Gasteiger partial charge in [-0.05, 0) is 37.0 Å². The number of aryl methyl sites for hydroxylation is 2. The fourth-order valence-electron chi connectivity index (χ4n) is 3.50. The highest BCUT2D eigenvalue weighted by Gasteiger charge is 2.26. The Balaban J connectivity index is 1.97. The minimum Gasteiger partial charge on any atom is -0.493 e. The largest absolute Gasteiger partial charge is 0.493 e. The zero-order valence-electron chi connectivity index (χ0n) is 15.1. The lowest BCUT2D eigenvalue weighted by Crippen LogP contribution is -2.18. The minimum atomic E-state index is 0.0434. The number of hydrogen-bond acceptors (Lipinski definition) is 6. The lowest BCUT2D eigenvalue weighted by molar-refractivity contribution is 0.0964. The molecule has 2 aromatic heterocycles. The van der Waals surface area contributed by atoms with Crippen molar-refractivity contribution >= 4 is 11.4 Å². The van der Waals surface area contributed by atoms with Crippen molar-refractivity contribution in [2.75, 3.05) is 14.2 Å². The molecule has 0 saturated heterocycles. The van der Waals surface area contributed by atoms with Crippen molar-refractivity contribution in [3.05, 3.63) is 35.3 Å². The van der Waals surface area contributed by atoms with Crippen LogP contribution in [0.15, 0.2) is 18.2 Å². The highest BCUT2D eigenvalue weighted by molar-refractivity contribution is 5.96. The molecule has 0 fully saturated rings. The van der Waals surface area contributed by atoms with E-state index >= 15 is 0 Å². The molecule has 0 unspecified atom stereocenters. The quantitative estimate of drug-likeness (QED) is 0.718. The Morgan fingerprint density at radius 3 is 2.65 bits per heavy atom. The summed E-state index contributed by atoms with van der Waals surface area (Å²) in [5.74, 6) is 1.36. The number of carbonyl (C=O) groups excluding carboxylic acids is 1. The number of benzene rings is 1. The van der Waals surface area contributed by atoms with Gasteiger partial charge in [0.05, 0.1) is 31.2 Å². The van der Waals surface area contributed by atoms with Gasteiger partial charge in [0.15, 0.2) is 28.6 Å². The molecule has 7 heteroatoms. The second-order valence-electron chi connectivity index (χ2n) is 6.25. The average molecular weight is 352 g/mol. The van der Waals surface area contributed by atoms with Crippen LogP contribution in [-0.2, 0) is 12.8 Å². The van der Waals surface area contributed by atoms with E-state index in [1.165, 1.54) is 0 Å². The summed E-state index contributed by atoms with van der Waals surface area (Å²) >= 11 is 0. The third-order valence-electron chi connectivity index (χ3n) is 4.80. The average Bonchev–Trinajstić information content (AvgIpc) is 3.06. The van der Waals surface area contributed by atoms with Crippen molar-refractivity contribution in [3.63, 3.8) is 0 Å². The normalized spacial score (nSPS) is 13.7. The van der Waals surface area contributed by atoms with Crippen LogP contribution in [-0.4, -0.2) is 39.8 Å². The first-order valence-electron chi connectivity index (χ1n) is 8.70. The summed E-state index contributed by atoms with van der Waals surface area (Å²) in [6, 6.07) is 5.75. The maximum atomic E-state index is 12.1. The summed E-state index contributed by atoms with van der Waals surface area (Å²) in [5, 5.41) is 13.3. The van der Waals surface area contributed by atoms with Crippen LogP contribution in [0.25, 0.3) is 16.8 Å². The number of ether oxygens (including phenoxy) is 2. The van der Waals surface area contributed by atoms with Gasteiger partial charge in [0.25, 0.3) is 0 Å². The molecule has 7 nitrogen and oxygen atoms in total. The molecule has 1 aliphatic rings. The van der Waals surface area contributed by atoms with Gasteiger partial charge in [-0.15, -0.1) is 10.2 Å². The van der Waals surface area contributed by atoms with E-state index in [0.29, 0.717) is 29.3 Å². The molecule has 1 aliphatic carbocycles. The molecule has 0 spiro atoms. The first-order chi connectivity index (χ1) is 12.7. The van der Waals surface area contributed by atoms with Gasteiger partial charge in [-0.2, -0.15) is 5.10 Å². The Bertz CT molecular complexity index is 1010. The summed E-state index contributed by atoms with van der Waals surface area (Å²) in [4.78, 5) is 12.1. The number of Topliss-reactive ketones (excluding diaryl/α,β-unsaturated/α-hetero) is 1. The summed E-state index contributed by atoms with van der Waals surface area (Å²) in [6.07, 6.45) is 2.87. The van der Waals surface area contributed by atoms with Crippen LogP contribution in [0.4, 0.5) is 0 Å². The fourth-order valence-corrected chi connectivity index (χ4v) is 3.50. The van der Waals surface area contributed by atoms with Crippen LogP contribution in [0.3, 0.4) is 0 Å². The summed E-state index contributed by atoms with van der Waals surface area (Å²) in [7, 11) is 3.22. The number of hydrogen-bond donors (Lipinski definition) is 0. The molecule has 0 bridgehead atoms. The summed E-state index contributed by atoms with van der Waals surface area (Å²) in [5.41, 5.74) is 4.74. The predicted octanol–water partition coefficient (Wildman–Crippen LogP) is 2.89. The van der Waals surface area contributed by atoms with Crippen LogP contribution in [0.2, 0.25) is 0 Å². The number of carbonyl (C=O) groups is 1. The van der Waals surface area contributed by atoms with Crippen LogP contribution in [0, 0.1) is 0 Å². The lowest BCUT2D eigenvalue weighted by atomic mass is 9.99. The minimum absolute atomic E-state index is 0.0434. The summed E-state index contributed by atoms with van der Waals surface area (Å²) < 4.78 is 12.6. The van der Waals surface area contributed by atoms with Gasteiger partial charge in [0.2, 0.25) is 0 Å². The molecule has 0 aliphatic heterocycles. The first-order valence-corrected chi connectivity index (χ1v) is 8.70. The monoisotopic (exact) mass is 352 g/mol. The number of methoxy groups -OCH3 is 2. The molecule has 0 amide bonds. The second-order valence-corrected chi connectivity index (χ2v) is 6.25. The second kappa shape index (κ2) is 6.40. The van der Waals surface area contributed by atoms with Crippen molar-refractivity contribution in [1.82, 2.24) is 19.8 Å². The molecule has 0 radical (unpaired) electrons. The van der Waals surface area contributed by atoms with Gasteiger partial charge in [-0.25, -0.2) is 4.52 Å². The van der Waals surface area contributed by atoms with Gasteiger partial charge in [-0.3, -0.25) is 4.79 Å². The smallest absolute Gasteiger partial charge is 0.185 e. The van der Waals surface area contributed by atoms with Crippen molar-refractivity contribution in [2.24, 2.45) is 0 Å². The van der Waals surface area contributed by atoms with Crippen molar-refractivity contribution in [1.29, 1.82) is 0 Å². The number of rotatable bonds is 4. The highest BCUT2D eigenvalue weighted by atomic mass is 16.5. The lowest BCUT2D eigenvalue weighted by Gasteiger charge is -2.13. The van der Waals surface area contributed by atoms with Crippen LogP contribution in [0.1, 0.15) is 41.6 Å². The van der Waals surface area contributed by atoms with Crippen molar-refractivity contribution in [2.45, 2.75) is 32.6 Å². The van der Waals surface area contributed by atoms with E-state index in [1.807, 2.05) is 18.2 Å². The Morgan fingerprint density at radius 2 is 1.92 bits per heavy atom. The molecular formula is C19H20N4O3. The molecule has 4 rings (SSSR count). The fraction of sp³-hybridized carbons (Fsp3) is 0.368. The molecule has 3 aromatic rings. The van der Waals surface area contributed by atoms with E-state index in [-0.39, 0.29) is 5.78 Å². The highest BCUT2D eigenvalue weighted by Crippen LogP contribution is 2.36. The topological polar surface area (TPSA) is 78.6 Å². The zero-order valence-corrected chi connectivity index (χ0v) is 15.1. The van der Waals surface area contributed by atoms with Gasteiger partial charge in [-0.1, -0.05) is 13.0 Å². The number of fused-ring (bicyclic) bond motifs is 3. The number of ketones is 1. The van der Waals surface area contributed by atoms with Crippen molar-refractivity contribution in [3.8, 4) is 22.6 Å². The van der Waals surface area contributed by atoms with E-state index in [0.717, 1.165) is 41.8 Å². The van der Waals surface area contributed by atoms with Crippen molar-refractivity contribution < 1.29 is 14.3 Å². The standard InChI is InChI=1S/C19H20N4O3/c1-4-12-17(11-8-9-15(25-2)16(10-11)26-3)19-21-20-18-13(23(19)22-12)6-5-7-14(18)24/h8-10H,4-7H2,1-3H3. The SMILES string of the molecule is CCc1nn2c3c(nnc2c1-c1ccc(OC)c(OC)c1)C(=O)CCC3. The van der Waals surface area contributed by atoms with Crippen LogP contribution < -0.4 is 9.47 Å². The molecule has 2 heterocycles. The van der Waals surface area contributed by atoms with Gasteiger partial charge >= 0.3 is 0 Å². The maximum absolute atomic E-state index is 12.1. The van der Waals surface area contributed by atoms with E-state index in [4.69, 9.17) is 14.6 Å². The molecule has 1 aromatic carbocycles. The first kappa shape index (κ1) is 16.5. The molecule has 134 valence electrons. The Morgan fingerprint density at radius 1 is 1.12 bits per heavy atom. The molecular weight excluding hydrogens is 332 g/mol. The predicted molar refractivity (Wildman–Crippen MR) is 96.0 cm³/mol. The Hall–Kier alpha value is -2.96. The summed E-state index contributed by atoms with van der Waals surface area (Å²) in [6.45, 7) is 2.05. The van der Waals surface area contributed by atoms with E-state index in [2.05, 4.69) is 17.1 Å². The molecule has 26 heavy (non-hydrogen) atoms. The third-order valence-corrected chi connectivity index (χ3v) is 4.80. The van der Waals surface area contributed by atoms with Gasteiger partial charge < -0.3 is 9.47 Å². The molecule has 0 N–H and O–H groups in total. The zero-order chi connectivity index (χ0) is 18.3. The molecule has 0 saturated carbocycles. The Labute approximate surface area is 151 Å². The molecule has 0 atom stereocenters. The van der Waals surface area contributed by atoms with E-state index in [1.54, 1.807) is 18.7 Å². The van der Waals surface area contributed by atoms with E-state index in [9.17, 15) is 4.79 Å². The number of aromatic nitrogens is 4. The van der Waals surface area contributed by atoms with Crippen LogP contribution >= 0.6 is 0 Å². The third kappa shape index (κ3) is 2.42. The van der Waals surface area contributed by atoms with E-state index < -0.39 is 0 Å². The van der Waals surface area contributed by atoms with Crippen LogP contribution in [0.5, 0.6) is 11.5 Å². The van der Waals surface area contributed by atoms with Gasteiger partial charge in [0, 0.05) is 6.42 Å². The maximum Gasteiger partial charge on any atom is 0.185 e. The Kier molecular flexibility index (Phi) is 4.06. The van der Waals surface area contributed by atoms with Gasteiger partial charge in [0.1, 0.15) is 0 Å².